The van der Waals surface area contributed by atoms with E-state index in [2.05, 4.69) is 10.3 Å². The molecule has 0 radical (unpaired) electrons. The Hall–Kier alpha value is -3.62. The maximum atomic E-state index is 13.1. The van der Waals surface area contributed by atoms with E-state index in [9.17, 15) is 14.4 Å². The lowest BCUT2D eigenvalue weighted by Gasteiger charge is -2.33. The molecule has 9 nitrogen and oxygen atoms in total. The van der Waals surface area contributed by atoms with Gasteiger partial charge in [0.05, 0.1) is 18.3 Å². The van der Waals surface area contributed by atoms with Gasteiger partial charge in [0.15, 0.2) is 5.69 Å². The van der Waals surface area contributed by atoms with E-state index in [1.165, 1.54) is 13.2 Å². The van der Waals surface area contributed by atoms with Gasteiger partial charge in [0.2, 0.25) is 11.7 Å². The fourth-order valence-electron chi connectivity index (χ4n) is 3.39. The first-order valence-electron chi connectivity index (χ1n) is 9.37. The van der Waals surface area contributed by atoms with E-state index in [4.69, 9.17) is 4.42 Å². The summed E-state index contributed by atoms with van der Waals surface area (Å²) in [5.74, 6) is 0.158. The molecular formula is C20H21N5O4. The molecule has 0 aliphatic carbocycles. The summed E-state index contributed by atoms with van der Waals surface area (Å²) in [5.41, 5.74) is 0.734. The number of hydrogen-bond acceptors (Lipinski definition) is 5. The Morgan fingerprint density at radius 2 is 1.83 bits per heavy atom. The lowest BCUT2D eigenvalue weighted by molar-refractivity contribution is -0.130. The number of imidazole rings is 1. The summed E-state index contributed by atoms with van der Waals surface area (Å²) in [5, 5.41) is 2.77. The first-order valence-corrected chi connectivity index (χ1v) is 9.37. The summed E-state index contributed by atoms with van der Waals surface area (Å²) in [6.07, 6.45) is 3.25. The molecule has 29 heavy (non-hydrogen) atoms. The van der Waals surface area contributed by atoms with Crippen LogP contribution in [0, 0.1) is 0 Å². The highest BCUT2D eigenvalue weighted by Gasteiger charge is 2.28. The molecule has 0 spiro atoms. The smallest absolute Gasteiger partial charge is 0.290 e. The van der Waals surface area contributed by atoms with Crippen LogP contribution < -0.4 is 5.32 Å². The van der Waals surface area contributed by atoms with Crippen molar-refractivity contribution in [1.82, 2.24) is 24.5 Å². The van der Waals surface area contributed by atoms with E-state index >= 15 is 0 Å². The summed E-state index contributed by atoms with van der Waals surface area (Å²) in [6.45, 7) is 3.59. The molecule has 3 amide bonds. The van der Waals surface area contributed by atoms with Crippen LogP contribution in [0.2, 0.25) is 0 Å². The second kappa shape index (κ2) is 7.78. The predicted molar refractivity (Wildman–Crippen MR) is 103 cm³/mol. The van der Waals surface area contributed by atoms with E-state index < -0.39 is 0 Å². The Morgan fingerprint density at radius 1 is 1.07 bits per heavy atom. The Morgan fingerprint density at radius 3 is 2.52 bits per heavy atom. The zero-order chi connectivity index (χ0) is 20.4. The molecule has 0 unspecified atom stereocenters. The lowest BCUT2D eigenvalue weighted by Crippen LogP contribution is -2.50. The Balaban J connectivity index is 1.56. The van der Waals surface area contributed by atoms with Gasteiger partial charge in [0, 0.05) is 39.3 Å². The number of rotatable bonds is 4. The van der Waals surface area contributed by atoms with Crippen molar-refractivity contribution in [2.45, 2.75) is 13.5 Å². The van der Waals surface area contributed by atoms with Crippen LogP contribution in [-0.2, 0) is 11.3 Å². The SMILES string of the molecule is CC(=O)N1CCN(C(=O)c2nc(C(=O)NCc3ccco3)c3ccccn23)CC1. The molecule has 0 bridgehead atoms. The molecule has 4 rings (SSSR count). The van der Waals surface area contributed by atoms with E-state index in [1.54, 1.807) is 50.7 Å². The highest BCUT2D eigenvalue weighted by Crippen LogP contribution is 2.16. The average molecular weight is 395 g/mol. The maximum Gasteiger partial charge on any atom is 0.290 e. The van der Waals surface area contributed by atoms with Gasteiger partial charge in [-0.05, 0) is 24.3 Å². The zero-order valence-corrected chi connectivity index (χ0v) is 16.0. The molecule has 1 fully saturated rings. The summed E-state index contributed by atoms with van der Waals surface area (Å²) < 4.78 is 6.85. The minimum atomic E-state index is -0.384. The predicted octanol–water partition coefficient (Wildman–Crippen LogP) is 1.16. The number of piperazine rings is 1. The Labute approximate surface area is 166 Å². The minimum Gasteiger partial charge on any atom is -0.467 e. The van der Waals surface area contributed by atoms with Gasteiger partial charge in [-0.25, -0.2) is 4.98 Å². The number of hydrogen-bond donors (Lipinski definition) is 1. The molecule has 3 aromatic heterocycles. The van der Waals surface area contributed by atoms with Crippen molar-refractivity contribution in [3.63, 3.8) is 0 Å². The van der Waals surface area contributed by atoms with Crippen molar-refractivity contribution in [2.24, 2.45) is 0 Å². The van der Waals surface area contributed by atoms with E-state index in [0.717, 1.165) is 0 Å². The fourth-order valence-corrected chi connectivity index (χ4v) is 3.39. The number of pyridine rings is 1. The molecule has 150 valence electrons. The molecule has 1 N–H and O–H groups in total. The van der Waals surface area contributed by atoms with Crippen molar-refractivity contribution in [1.29, 1.82) is 0 Å². The van der Waals surface area contributed by atoms with E-state index in [1.807, 2.05) is 0 Å². The number of fused-ring (bicyclic) bond motifs is 1. The monoisotopic (exact) mass is 395 g/mol. The standard InChI is InChI=1S/C20H21N5O4/c1-14(26)23-8-10-24(11-9-23)20(28)18-22-17(16-6-2-3-7-25(16)18)19(27)21-13-15-5-4-12-29-15/h2-7,12H,8-11,13H2,1H3,(H,21,27). The van der Waals surface area contributed by atoms with Crippen molar-refractivity contribution in [2.75, 3.05) is 26.2 Å². The molecule has 1 saturated heterocycles. The van der Waals surface area contributed by atoms with Gasteiger partial charge >= 0.3 is 0 Å². The molecule has 3 aromatic rings. The molecular weight excluding hydrogens is 374 g/mol. The number of carbonyl (C=O) groups is 3. The third-order valence-electron chi connectivity index (χ3n) is 4.97. The molecule has 9 heteroatoms. The van der Waals surface area contributed by atoms with Gasteiger partial charge in [0.1, 0.15) is 5.76 Å². The van der Waals surface area contributed by atoms with Crippen LogP contribution >= 0.6 is 0 Å². The second-order valence-corrected chi connectivity index (χ2v) is 6.80. The second-order valence-electron chi connectivity index (χ2n) is 6.80. The highest BCUT2D eigenvalue weighted by atomic mass is 16.3. The highest BCUT2D eigenvalue weighted by molar-refractivity contribution is 6.02. The Bertz CT molecular complexity index is 1050. The van der Waals surface area contributed by atoms with Crippen LogP contribution in [0.1, 0.15) is 33.8 Å². The summed E-state index contributed by atoms with van der Waals surface area (Å²) >= 11 is 0. The minimum absolute atomic E-state index is 0.00104. The molecule has 1 aliphatic rings. The number of nitrogens with zero attached hydrogens (tertiary/aromatic N) is 4. The van der Waals surface area contributed by atoms with E-state index in [0.29, 0.717) is 37.5 Å². The van der Waals surface area contributed by atoms with Crippen LogP contribution in [0.25, 0.3) is 5.52 Å². The zero-order valence-electron chi connectivity index (χ0n) is 16.0. The summed E-state index contributed by atoms with van der Waals surface area (Å²) in [4.78, 5) is 45.0. The largest absolute Gasteiger partial charge is 0.467 e. The third-order valence-corrected chi connectivity index (χ3v) is 4.97. The van der Waals surface area contributed by atoms with Crippen molar-refractivity contribution in [3.05, 3.63) is 60.1 Å². The van der Waals surface area contributed by atoms with Crippen LogP contribution in [0.4, 0.5) is 0 Å². The third kappa shape index (κ3) is 3.71. The van der Waals surface area contributed by atoms with E-state index in [-0.39, 0.29) is 35.8 Å². The summed E-state index contributed by atoms with van der Waals surface area (Å²) in [6, 6.07) is 8.83. The van der Waals surface area contributed by atoms with Crippen molar-refractivity contribution >= 4 is 23.2 Å². The van der Waals surface area contributed by atoms with Gasteiger partial charge in [-0.1, -0.05) is 6.07 Å². The topological polar surface area (TPSA) is 100 Å². The Kier molecular flexibility index (Phi) is 5.03. The number of nitrogens with one attached hydrogen (secondary N) is 1. The van der Waals surface area contributed by atoms with Crippen LogP contribution in [0.5, 0.6) is 0 Å². The number of furan rings is 1. The van der Waals surface area contributed by atoms with Gasteiger partial charge < -0.3 is 19.5 Å². The molecule has 0 aromatic carbocycles. The van der Waals surface area contributed by atoms with Crippen LogP contribution in [0.15, 0.2) is 47.2 Å². The van der Waals surface area contributed by atoms with Gasteiger partial charge in [-0.3, -0.25) is 18.8 Å². The number of amides is 3. The fraction of sp³-hybridized carbons (Fsp3) is 0.300. The van der Waals surface area contributed by atoms with Gasteiger partial charge in [0.25, 0.3) is 11.8 Å². The average Bonchev–Trinajstić information content (AvgIpc) is 3.39. The van der Waals surface area contributed by atoms with Crippen molar-refractivity contribution < 1.29 is 18.8 Å². The lowest BCUT2D eigenvalue weighted by atomic mass is 10.3. The molecule has 0 saturated carbocycles. The molecule has 4 heterocycles. The number of carbonyl (C=O) groups excluding carboxylic acids is 3. The normalized spacial score (nSPS) is 14.2. The van der Waals surface area contributed by atoms with Crippen molar-refractivity contribution in [3.8, 4) is 0 Å². The molecule has 0 atom stereocenters. The molecule has 1 aliphatic heterocycles. The first-order chi connectivity index (χ1) is 14.0. The first kappa shape index (κ1) is 18.7. The number of aromatic nitrogens is 2. The van der Waals surface area contributed by atoms with Crippen LogP contribution in [0.3, 0.4) is 0 Å². The maximum absolute atomic E-state index is 13.1. The van der Waals surface area contributed by atoms with Gasteiger partial charge in [-0.15, -0.1) is 0 Å². The quantitative estimate of drug-likeness (QED) is 0.715. The van der Waals surface area contributed by atoms with Gasteiger partial charge in [-0.2, -0.15) is 0 Å². The van der Waals surface area contributed by atoms with Crippen LogP contribution in [-0.4, -0.2) is 63.1 Å². The summed E-state index contributed by atoms with van der Waals surface area (Å²) in [7, 11) is 0.